The van der Waals surface area contributed by atoms with Crippen LogP contribution in [-0.4, -0.2) is 19.3 Å². The van der Waals surface area contributed by atoms with Crippen LogP contribution in [0.2, 0.25) is 0 Å². The highest BCUT2D eigenvalue weighted by Gasteiger charge is 2.38. The first-order valence-electron chi connectivity index (χ1n) is 5.37. The molecule has 3 rings (SSSR count). The lowest BCUT2D eigenvalue weighted by Crippen LogP contribution is -2.40. The van der Waals surface area contributed by atoms with Crippen molar-refractivity contribution in [3.8, 4) is 0 Å². The molecule has 1 fully saturated rings. The van der Waals surface area contributed by atoms with Crippen molar-refractivity contribution in [1.29, 1.82) is 0 Å². The number of nitrogens with one attached hydrogen (secondary N) is 1. The van der Waals surface area contributed by atoms with E-state index in [-0.39, 0.29) is 5.41 Å². The summed E-state index contributed by atoms with van der Waals surface area (Å²) >= 11 is 2.44. The van der Waals surface area contributed by atoms with Gasteiger partial charge in [-0.1, -0.05) is 6.07 Å². The van der Waals surface area contributed by atoms with Crippen LogP contribution in [0.4, 0.5) is 5.69 Å². The predicted molar refractivity (Wildman–Crippen MR) is 71.1 cm³/mol. The molecule has 0 radical (unpaired) electrons. The van der Waals surface area contributed by atoms with Gasteiger partial charge in [-0.15, -0.1) is 0 Å². The van der Waals surface area contributed by atoms with E-state index in [0.717, 1.165) is 13.1 Å². The molecular weight excluding hydrogens is 299 g/mol. The van der Waals surface area contributed by atoms with Gasteiger partial charge in [0.05, 0.1) is 5.69 Å². The maximum atomic E-state index is 4.58. The van der Waals surface area contributed by atoms with Gasteiger partial charge in [0.15, 0.2) is 0 Å². The largest absolute Gasteiger partial charge is 0.317 e. The molecule has 2 nitrogen and oxygen atoms in total. The van der Waals surface area contributed by atoms with Crippen molar-refractivity contribution >= 4 is 34.5 Å². The fraction of sp³-hybridized carbons (Fsp3) is 0.417. The maximum absolute atomic E-state index is 4.58. The van der Waals surface area contributed by atoms with Crippen LogP contribution in [0, 0.1) is 3.57 Å². The third-order valence-corrected chi connectivity index (χ3v) is 4.34. The molecule has 2 aliphatic heterocycles. The first kappa shape index (κ1) is 9.78. The van der Waals surface area contributed by atoms with Crippen molar-refractivity contribution in [2.75, 3.05) is 13.1 Å². The molecule has 1 aromatic rings. The van der Waals surface area contributed by atoms with Crippen molar-refractivity contribution in [1.82, 2.24) is 5.32 Å². The summed E-state index contributed by atoms with van der Waals surface area (Å²) in [6, 6.07) is 6.42. The number of hydrogen-bond donors (Lipinski definition) is 1. The number of rotatable bonds is 0. The second-order valence-electron chi connectivity index (χ2n) is 4.30. The Kier molecular flexibility index (Phi) is 2.32. The number of nitrogens with zero attached hydrogens (tertiary/aromatic N) is 1. The summed E-state index contributed by atoms with van der Waals surface area (Å²) in [6.45, 7) is 2.22. The average molecular weight is 312 g/mol. The van der Waals surface area contributed by atoms with Crippen molar-refractivity contribution < 1.29 is 0 Å². The Bertz CT molecular complexity index is 420. The minimum atomic E-state index is 0.234. The zero-order chi connectivity index (χ0) is 10.3. The summed E-state index contributed by atoms with van der Waals surface area (Å²) in [4.78, 5) is 4.58. The lowest BCUT2D eigenvalue weighted by atomic mass is 9.75. The van der Waals surface area contributed by atoms with Gasteiger partial charge in [-0.3, -0.25) is 4.99 Å². The van der Waals surface area contributed by atoms with Crippen LogP contribution in [0.25, 0.3) is 0 Å². The van der Waals surface area contributed by atoms with Crippen LogP contribution in [-0.2, 0) is 5.41 Å². The van der Waals surface area contributed by atoms with Crippen molar-refractivity contribution in [2.24, 2.45) is 4.99 Å². The molecule has 78 valence electrons. The van der Waals surface area contributed by atoms with Gasteiger partial charge in [0, 0.05) is 20.8 Å². The van der Waals surface area contributed by atoms with Crippen LogP contribution in [0.3, 0.4) is 0 Å². The molecule has 0 atom stereocenters. The molecule has 1 spiro atoms. The zero-order valence-corrected chi connectivity index (χ0v) is 10.6. The SMILES string of the molecule is Ic1cccc2c1C1(C=N2)CCNCC1. The summed E-state index contributed by atoms with van der Waals surface area (Å²) in [6.07, 6.45) is 4.55. The third kappa shape index (κ3) is 1.44. The number of hydrogen-bond acceptors (Lipinski definition) is 2. The minimum Gasteiger partial charge on any atom is -0.317 e. The zero-order valence-electron chi connectivity index (χ0n) is 8.46. The summed E-state index contributed by atoms with van der Waals surface area (Å²) in [5.41, 5.74) is 2.88. The van der Waals surface area contributed by atoms with Crippen LogP contribution >= 0.6 is 22.6 Å². The van der Waals surface area contributed by atoms with Crippen LogP contribution in [0.15, 0.2) is 23.2 Å². The topological polar surface area (TPSA) is 24.4 Å². The molecule has 15 heavy (non-hydrogen) atoms. The van der Waals surface area contributed by atoms with E-state index in [1.807, 2.05) is 0 Å². The number of fused-ring (bicyclic) bond motifs is 2. The van der Waals surface area contributed by atoms with Gasteiger partial charge in [-0.05, 0) is 60.7 Å². The number of benzene rings is 1. The summed E-state index contributed by atoms with van der Waals surface area (Å²) in [5.74, 6) is 0. The molecule has 2 aliphatic rings. The Morgan fingerprint density at radius 2 is 2.07 bits per heavy atom. The second kappa shape index (κ2) is 3.56. The Labute approximate surface area is 103 Å². The van der Waals surface area contributed by atoms with Gasteiger partial charge in [-0.2, -0.15) is 0 Å². The van der Waals surface area contributed by atoms with E-state index in [1.54, 1.807) is 0 Å². The van der Waals surface area contributed by atoms with Crippen molar-refractivity contribution in [3.05, 3.63) is 27.3 Å². The average Bonchev–Trinajstić information content (AvgIpc) is 2.60. The highest BCUT2D eigenvalue weighted by Crippen LogP contribution is 2.44. The van der Waals surface area contributed by atoms with E-state index in [4.69, 9.17) is 0 Å². The molecule has 0 bridgehead atoms. The molecule has 0 aromatic heterocycles. The Hall–Kier alpha value is -0.420. The van der Waals surface area contributed by atoms with Gasteiger partial charge in [0.25, 0.3) is 0 Å². The quantitative estimate of drug-likeness (QED) is 0.732. The lowest BCUT2D eigenvalue weighted by Gasteiger charge is -2.33. The second-order valence-corrected chi connectivity index (χ2v) is 5.46. The minimum absolute atomic E-state index is 0.234. The molecule has 3 heteroatoms. The lowest BCUT2D eigenvalue weighted by molar-refractivity contribution is 0.407. The first-order valence-corrected chi connectivity index (χ1v) is 6.45. The van der Waals surface area contributed by atoms with Gasteiger partial charge in [0.1, 0.15) is 0 Å². The summed E-state index contributed by atoms with van der Waals surface area (Å²) < 4.78 is 1.37. The molecule has 0 aliphatic carbocycles. The van der Waals surface area contributed by atoms with E-state index in [2.05, 4.69) is 57.3 Å². The van der Waals surface area contributed by atoms with E-state index in [0.29, 0.717) is 0 Å². The van der Waals surface area contributed by atoms with Gasteiger partial charge in [-0.25, -0.2) is 0 Å². The molecule has 0 saturated carbocycles. The number of piperidine rings is 1. The standard InChI is InChI=1S/C12H13IN2/c13-9-2-1-3-10-11(9)12(8-15-10)4-6-14-7-5-12/h1-3,8,14H,4-7H2. The van der Waals surface area contributed by atoms with Crippen LogP contribution in [0.5, 0.6) is 0 Å². The molecular formula is C12H13IN2. The fourth-order valence-electron chi connectivity index (χ4n) is 2.62. The monoisotopic (exact) mass is 312 g/mol. The predicted octanol–water partition coefficient (Wildman–Crippen LogP) is 2.63. The van der Waals surface area contributed by atoms with E-state index >= 15 is 0 Å². The third-order valence-electron chi connectivity index (χ3n) is 3.44. The van der Waals surface area contributed by atoms with Gasteiger partial charge < -0.3 is 5.32 Å². The molecule has 0 unspecified atom stereocenters. The molecule has 0 amide bonds. The van der Waals surface area contributed by atoms with E-state index in [1.165, 1.54) is 27.7 Å². The first-order chi connectivity index (χ1) is 7.32. The normalized spacial score (nSPS) is 21.9. The Balaban J connectivity index is 2.13. The molecule has 1 saturated heterocycles. The van der Waals surface area contributed by atoms with E-state index < -0.39 is 0 Å². The Morgan fingerprint density at radius 1 is 1.27 bits per heavy atom. The molecule has 2 heterocycles. The summed E-state index contributed by atoms with van der Waals surface area (Å²) in [7, 11) is 0. The summed E-state index contributed by atoms with van der Waals surface area (Å²) in [5, 5.41) is 3.42. The highest BCUT2D eigenvalue weighted by atomic mass is 127. The molecule has 1 aromatic carbocycles. The maximum Gasteiger partial charge on any atom is 0.0678 e. The fourth-order valence-corrected chi connectivity index (χ4v) is 3.64. The highest BCUT2D eigenvalue weighted by molar-refractivity contribution is 14.1. The van der Waals surface area contributed by atoms with Crippen molar-refractivity contribution in [3.63, 3.8) is 0 Å². The van der Waals surface area contributed by atoms with Crippen LogP contribution in [0.1, 0.15) is 18.4 Å². The van der Waals surface area contributed by atoms with Crippen molar-refractivity contribution in [2.45, 2.75) is 18.3 Å². The van der Waals surface area contributed by atoms with Crippen LogP contribution < -0.4 is 5.32 Å². The Morgan fingerprint density at radius 3 is 2.87 bits per heavy atom. The van der Waals surface area contributed by atoms with Gasteiger partial charge >= 0.3 is 0 Å². The smallest absolute Gasteiger partial charge is 0.0678 e. The number of aliphatic imine (C=N–C) groups is 1. The van der Waals surface area contributed by atoms with E-state index in [9.17, 15) is 0 Å². The molecule has 1 N–H and O–H groups in total. The van der Waals surface area contributed by atoms with Gasteiger partial charge in [0.2, 0.25) is 0 Å². The number of halogens is 1.